The number of rotatable bonds is 4. The lowest BCUT2D eigenvalue weighted by molar-refractivity contribution is -0.116. The van der Waals surface area contributed by atoms with Crippen molar-refractivity contribution in [2.75, 3.05) is 23.3 Å². The minimum absolute atomic E-state index is 0.173. The molecule has 1 atom stereocenters. The zero-order chi connectivity index (χ0) is 19.7. The van der Waals surface area contributed by atoms with Crippen LogP contribution in [0.25, 0.3) is 10.3 Å². The Hall–Kier alpha value is -2.81. The fourth-order valence-corrected chi connectivity index (χ4v) is 4.34. The van der Waals surface area contributed by atoms with Gasteiger partial charge in [-0.2, -0.15) is 4.98 Å². The highest BCUT2D eigenvalue weighted by molar-refractivity contribution is 7.22. The number of nitrogens with one attached hydrogen (secondary N) is 1. The predicted molar refractivity (Wildman–Crippen MR) is 107 cm³/mol. The topological polar surface area (TPSA) is 80.1 Å². The van der Waals surface area contributed by atoms with Crippen LogP contribution >= 0.6 is 11.3 Å². The third-order valence-electron chi connectivity index (χ3n) is 4.74. The van der Waals surface area contributed by atoms with Gasteiger partial charge < -0.3 is 10.2 Å². The van der Waals surface area contributed by atoms with Crippen LogP contribution in [0.1, 0.15) is 19.8 Å². The molecule has 1 aliphatic heterocycles. The van der Waals surface area contributed by atoms with E-state index in [1.165, 1.54) is 52.9 Å². The van der Waals surface area contributed by atoms with Crippen LogP contribution in [-0.2, 0) is 11.3 Å². The Morgan fingerprint density at radius 3 is 2.89 bits per heavy atom. The van der Waals surface area contributed by atoms with Crippen molar-refractivity contribution in [3.8, 4) is 0 Å². The first-order chi connectivity index (χ1) is 13.5. The smallest absolute Gasteiger partial charge is 0.273 e. The molecule has 1 aromatic carbocycles. The molecular weight excluding hydrogens is 381 g/mol. The highest BCUT2D eigenvalue weighted by atomic mass is 32.1. The maximum absolute atomic E-state index is 13.0. The summed E-state index contributed by atoms with van der Waals surface area (Å²) in [4.78, 5) is 36.0. The molecule has 0 spiro atoms. The number of hydrogen-bond donors (Lipinski definition) is 1. The molecule has 1 N–H and O–H groups in total. The Kier molecular flexibility index (Phi) is 5.08. The van der Waals surface area contributed by atoms with Crippen LogP contribution in [0.4, 0.5) is 15.2 Å². The SMILES string of the molecule is C[C@@H]1CCCN(c2nc3ncn(CC(=O)Nc4ccc(F)cc4)c(=O)c3s2)C1. The molecular formula is C19H20FN5O2S. The summed E-state index contributed by atoms with van der Waals surface area (Å²) in [6.45, 7) is 3.89. The van der Waals surface area contributed by atoms with Gasteiger partial charge >= 0.3 is 0 Å². The van der Waals surface area contributed by atoms with E-state index in [0.717, 1.165) is 24.6 Å². The van der Waals surface area contributed by atoms with Crippen molar-refractivity contribution >= 4 is 38.4 Å². The summed E-state index contributed by atoms with van der Waals surface area (Å²) in [5.74, 6) is -0.169. The van der Waals surface area contributed by atoms with E-state index >= 15 is 0 Å². The summed E-state index contributed by atoms with van der Waals surface area (Å²) in [7, 11) is 0. The zero-order valence-electron chi connectivity index (χ0n) is 15.4. The lowest BCUT2D eigenvalue weighted by Crippen LogP contribution is -2.34. The Balaban J connectivity index is 1.53. The van der Waals surface area contributed by atoms with E-state index in [1.54, 1.807) is 0 Å². The normalized spacial score (nSPS) is 17.1. The lowest BCUT2D eigenvalue weighted by Gasteiger charge is -2.30. The third kappa shape index (κ3) is 3.89. The molecule has 1 saturated heterocycles. The maximum atomic E-state index is 13.0. The van der Waals surface area contributed by atoms with Gasteiger partial charge in [-0.3, -0.25) is 14.2 Å². The van der Waals surface area contributed by atoms with Crippen molar-refractivity contribution in [1.82, 2.24) is 14.5 Å². The fourth-order valence-electron chi connectivity index (χ4n) is 3.33. The summed E-state index contributed by atoms with van der Waals surface area (Å²) >= 11 is 1.32. The molecule has 146 valence electrons. The van der Waals surface area contributed by atoms with Gasteiger partial charge in [0, 0.05) is 18.8 Å². The van der Waals surface area contributed by atoms with Crippen LogP contribution in [0, 0.1) is 11.7 Å². The second-order valence-electron chi connectivity index (χ2n) is 7.08. The first kappa shape index (κ1) is 18.5. The minimum atomic E-state index is -0.385. The van der Waals surface area contributed by atoms with Crippen LogP contribution in [0.3, 0.4) is 0 Å². The average molecular weight is 401 g/mol. The molecule has 1 amide bonds. The second-order valence-corrected chi connectivity index (χ2v) is 8.05. The van der Waals surface area contributed by atoms with Gasteiger partial charge in [-0.1, -0.05) is 18.3 Å². The molecule has 0 bridgehead atoms. The van der Waals surface area contributed by atoms with E-state index in [9.17, 15) is 14.0 Å². The molecule has 3 aromatic rings. The molecule has 0 unspecified atom stereocenters. The van der Waals surface area contributed by atoms with E-state index in [4.69, 9.17) is 0 Å². The predicted octanol–water partition coefficient (Wildman–Crippen LogP) is 2.87. The van der Waals surface area contributed by atoms with Crippen LogP contribution in [-0.4, -0.2) is 33.5 Å². The molecule has 3 heterocycles. The lowest BCUT2D eigenvalue weighted by atomic mass is 10.0. The first-order valence-corrected chi connectivity index (χ1v) is 9.97. The molecule has 28 heavy (non-hydrogen) atoms. The quantitative estimate of drug-likeness (QED) is 0.727. The van der Waals surface area contributed by atoms with Gasteiger partial charge in [-0.25, -0.2) is 9.37 Å². The average Bonchev–Trinajstić information content (AvgIpc) is 3.11. The number of carbonyl (C=O) groups is 1. The summed E-state index contributed by atoms with van der Waals surface area (Å²) in [5, 5.41) is 3.45. The number of aromatic nitrogens is 3. The number of halogens is 1. The number of benzene rings is 1. The van der Waals surface area contributed by atoms with Crippen molar-refractivity contribution in [2.45, 2.75) is 26.3 Å². The Morgan fingerprint density at radius 1 is 1.36 bits per heavy atom. The van der Waals surface area contributed by atoms with E-state index in [1.807, 2.05) is 0 Å². The Morgan fingerprint density at radius 2 is 2.14 bits per heavy atom. The molecule has 0 radical (unpaired) electrons. The van der Waals surface area contributed by atoms with Crippen molar-refractivity contribution in [1.29, 1.82) is 0 Å². The zero-order valence-corrected chi connectivity index (χ0v) is 16.2. The highest BCUT2D eigenvalue weighted by Crippen LogP contribution is 2.29. The molecule has 4 rings (SSSR count). The van der Waals surface area contributed by atoms with Crippen LogP contribution in [0.5, 0.6) is 0 Å². The third-order valence-corrected chi connectivity index (χ3v) is 5.84. The number of thiazole rings is 1. The number of hydrogen-bond acceptors (Lipinski definition) is 6. The number of fused-ring (bicyclic) bond motifs is 1. The van der Waals surface area contributed by atoms with Gasteiger partial charge in [0.25, 0.3) is 5.56 Å². The minimum Gasteiger partial charge on any atom is -0.348 e. The van der Waals surface area contributed by atoms with Crippen molar-refractivity contribution < 1.29 is 9.18 Å². The Bertz CT molecular complexity index is 1060. The van der Waals surface area contributed by atoms with Crippen LogP contribution in [0.2, 0.25) is 0 Å². The fraction of sp³-hybridized carbons (Fsp3) is 0.368. The number of piperidine rings is 1. The Labute approximate surface area is 164 Å². The van der Waals surface area contributed by atoms with E-state index < -0.39 is 0 Å². The van der Waals surface area contributed by atoms with Crippen LogP contribution in [0.15, 0.2) is 35.4 Å². The molecule has 7 nitrogen and oxygen atoms in total. The second kappa shape index (κ2) is 7.67. The summed E-state index contributed by atoms with van der Waals surface area (Å²) in [6, 6.07) is 5.45. The van der Waals surface area contributed by atoms with E-state index in [-0.39, 0.29) is 23.8 Å². The van der Waals surface area contributed by atoms with Gasteiger partial charge in [0.15, 0.2) is 10.8 Å². The largest absolute Gasteiger partial charge is 0.348 e. The van der Waals surface area contributed by atoms with Gasteiger partial charge in [0.2, 0.25) is 5.91 Å². The molecule has 9 heteroatoms. The molecule has 0 saturated carbocycles. The number of anilines is 2. The van der Waals surface area contributed by atoms with Crippen LogP contribution < -0.4 is 15.8 Å². The summed E-state index contributed by atoms with van der Waals surface area (Å²) in [5.41, 5.74) is 0.597. The molecule has 0 aliphatic carbocycles. The number of carbonyl (C=O) groups excluding carboxylic acids is 1. The number of amides is 1. The molecule has 1 fully saturated rings. The summed E-state index contributed by atoms with van der Waals surface area (Å²) < 4.78 is 14.7. The number of nitrogens with zero attached hydrogens (tertiary/aromatic N) is 4. The van der Waals surface area contributed by atoms with Crippen molar-refractivity contribution in [3.05, 3.63) is 46.8 Å². The van der Waals surface area contributed by atoms with Gasteiger partial charge in [-0.15, -0.1) is 0 Å². The first-order valence-electron chi connectivity index (χ1n) is 9.16. The van der Waals surface area contributed by atoms with Gasteiger partial charge in [0.1, 0.15) is 23.4 Å². The monoisotopic (exact) mass is 401 g/mol. The van der Waals surface area contributed by atoms with Crippen molar-refractivity contribution in [2.24, 2.45) is 5.92 Å². The van der Waals surface area contributed by atoms with E-state index in [0.29, 0.717) is 22.0 Å². The highest BCUT2D eigenvalue weighted by Gasteiger charge is 2.21. The summed E-state index contributed by atoms with van der Waals surface area (Å²) in [6.07, 6.45) is 3.66. The van der Waals surface area contributed by atoms with Gasteiger partial charge in [-0.05, 0) is 43.0 Å². The van der Waals surface area contributed by atoms with Gasteiger partial charge in [0.05, 0.1) is 0 Å². The molecule has 2 aromatic heterocycles. The van der Waals surface area contributed by atoms with E-state index in [2.05, 4.69) is 27.1 Å². The van der Waals surface area contributed by atoms with Crippen molar-refractivity contribution in [3.63, 3.8) is 0 Å². The maximum Gasteiger partial charge on any atom is 0.273 e. The standard InChI is InChI=1S/C19H20FN5O2S/c1-12-3-2-8-24(9-12)19-23-17-16(28-19)18(27)25(11-21-17)10-15(26)22-14-6-4-13(20)5-7-14/h4-7,11-12H,2-3,8-10H2,1H3,(H,22,26)/t12-/m1/s1. The molecule has 1 aliphatic rings.